The molecule has 1 saturated heterocycles. The molecule has 0 amide bonds. The Morgan fingerprint density at radius 1 is 1.07 bits per heavy atom. The summed E-state index contributed by atoms with van der Waals surface area (Å²) in [5.41, 5.74) is 2.76. The molecule has 8 heteroatoms. The van der Waals surface area contributed by atoms with Crippen molar-refractivity contribution in [2.45, 2.75) is 45.2 Å². The van der Waals surface area contributed by atoms with Crippen LogP contribution in [0.3, 0.4) is 0 Å². The van der Waals surface area contributed by atoms with E-state index in [4.69, 9.17) is 4.98 Å². The number of pyridine rings is 2. The van der Waals surface area contributed by atoms with Crippen LogP contribution in [0.4, 0.5) is 14.6 Å². The van der Waals surface area contributed by atoms with E-state index in [-0.39, 0.29) is 12.8 Å². The molecule has 1 N–H and O–H groups in total. The van der Waals surface area contributed by atoms with Crippen molar-refractivity contribution in [1.82, 2.24) is 24.8 Å². The fourth-order valence-corrected chi connectivity index (χ4v) is 3.58. The van der Waals surface area contributed by atoms with E-state index in [0.29, 0.717) is 43.5 Å². The average molecular weight is 398 g/mol. The third kappa shape index (κ3) is 4.64. The van der Waals surface area contributed by atoms with E-state index in [1.54, 1.807) is 12.4 Å². The van der Waals surface area contributed by atoms with Gasteiger partial charge in [0.25, 0.3) is 5.92 Å². The second-order valence-corrected chi connectivity index (χ2v) is 7.31. The third-order valence-electron chi connectivity index (χ3n) is 5.24. The lowest BCUT2D eigenvalue weighted by Gasteiger charge is -2.31. The van der Waals surface area contributed by atoms with E-state index >= 15 is 0 Å². The van der Waals surface area contributed by atoms with E-state index in [9.17, 15) is 8.78 Å². The maximum absolute atomic E-state index is 13.4. The Hall–Kier alpha value is -2.74. The Bertz CT molecular complexity index is 984. The normalized spacial score (nSPS) is 16.8. The molecule has 1 fully saturated rings. The van der Waals surface area contributed by atoms with Gasteiger partial charge in [-0.1, -0.05) is 13.0 Å². The average Bonchev–Trinajstić information content (AvgIpc) is 2.73. The summed E-state index contributed by atoms with van der Waals surface area (Å²) in [7, 11) is 0. The summed E-state index contributed by atoms with van der Waals surface area (Å²) in [6.45, 7) is 3.79. The van der Waals surface area contributed by atoms with Gasteiger partial charge in [-0.05, 0) is 30.2 Å². The highest BCUT2D eigenvalue weighted by molar-refractivity contribution is 5.86. The monoisotopic (exact) mass is 398 g/mol. The minimum absolute atomic E-state index is 0.120. The molecule has 0 bridgehead atoms. The van der Waals surface area contributed by atoms with E-state index in [1.165, 1.54) is 0 Å². The Morgan fingerprint density at radius 2 is 1.83 bits per heavy atom. The number of likely N-dealkylation sites (tertiary alicyclic amines) is 1. The quantitative estimate of drug-likeness (QED) is 0.681. The first kappa shape index (κ1) is 19.6. The highest BCUT2D eigenvalue weighted by Gasteiger charge is 2.34. The van der Waals surface area contributed by atoms with Gasteiger partial charge < -0.3 is 5.32 Å². The van der Waals surface area contributed by atoms with Crippen molar-refractivity contribution in [1.29, 1.82) is 0 Å². The summed E-state index contributed by atoms with van der Waals surface area (Å²) in [6.07, 6.45) is 4.11. The van der Waals surface area contributed by atoms with Crippen LogP contribution in [0.25, 0.3) is 11.0 Å². The van der Waals surface area contributed by atoms with E-state index in [0.717, 1.165) is 23.1 Å². The maximum Gasteiger partial charge on any atom is 0.250 e. The molecule has 0 unspecified atom stereocenters. The predicted molar refractivity (Wildman–Crippen MR) is 108 cm³/mol. The highest BCUT2D eigenvalue weighted by atomic mass is 19.3. The summed E-state index contributed by atoms with van der Waals surface area (Å²) < 4.78 is 26.9. The molecule has 1 aliphatic rings. The van der Waals surface area contributed by atoms with Crippen LogP contribution in [0.1, 0.15) is 36.8 Å². The Kier molecular flexibility index (Phi) is 5.62. The number of piperidine rings is 1. The number of aromatic nitrogens is 4. The topological polar surface area (TPSA) is 66.8 Å². The number of rotatable bonds is 6. The Morgan fingerprint density at radius 3 is 2.62 bits per heavy atom. The molecule has 1 aliphatic heterocycles. The highest BCUT2D eigenvalue weighted by Crippen LogP contribution is 2.28. The summed E-state index contributed by atoms with van der Waals surface area (Å²) in [4.78, 5) is 20.0. The molecular weight excluding hydrogens is 374 g/mol. The second-order valence-electron chi connectivity index (χ2n) is 7.31. The lowest BCUT2D eigenvalue weighted by atomic mass is 10.1. The van der Waals surface area contributed by atoms with Gasteiger partial charge in [0.2, 0.25) is 0 Å². The van der Waals surface area contributed by atoms with Gasteiger partial charge in [-0.3, -0.25) is 9.88 Å². The zero-order chi connectivity index (χ0) is 20.3. The van der Waals surface area contributed by atoms with Crippen LogP contribution >= 0.6 is 0 Å². The van der Waals surface area contributed by atoms with Gasteiger partial charge in [0.1, 0.15) is 11.6 Å². The molecule has 152 valence electrons. The number of aryl methyl sites for hydroxylation is 1. The van der Waals surface area contributed by atoms with Gasteiger partial charge in [0, 0.05) is 50.6 Å². The van der Waals surface area contributed by atoms with Crippen molar-refractivity contribution >= 4 is 16.9 Å². The molecule has 0 aliphatic carbocycles. The predicted octanol–water partition coefficient (Wildman–Crippen LogP) is 3.83. The fraction of sp³-hybridized carbons (Fsp3) is 0.429. The summed E-state index contributed by atoms with van der Waals surface area (Å²) >= 11 is 0. The van der Waals surface area contributed by atoms with Gasteiger partial charge >= 0.3 is 0 Å². The number of nitrogens with one attached hydrogen (secondary N) is 1. The van der Waals surface area contributed by atoms with Gasteiger partial charge in [-0.15, -0.1) is 0 Å². The van der Waals surface area contributed by atoms with Crippen molar-refractivity contribution in [2.24, 2.45) is 0 Å². The number of fused-ring (bicyclic) bond motifs is 1. The zero-order valence-electron chi connectivity index (χ0n) is 16.4. The zero-order valence-corrected chi connectivity index (χ0v) is 16.4. The molecule has 3 aromatic heterocycles. The number of hydrogen-bond donors (Lipinski definition) is 1. The maximum atomic E-state index is 13.4. The first-order valence-corrected chi connectivity index (χ1v) is 9.92. The number of hydrogen-bond acceptors (Lipinski definition) is 6. The Balaban J connectivity index is 1.56. The molecule has 4 rings (SSSR count). The number of halogens is 2. The van der Waals surface area contributed by atoms with Crippen molar-refractivity contribution < 1.29 is 8.78 Å². The van der Waals surface area contributed by atoms with Gasteiger partial charge in [-0.25, -0.2) is 23.7 Å². The second kappa shape index (κ2) is 8.32. The number of alkyl halides is 2. The minimum Gasteiger partial charge on any atom is -0.365 e. The van der Waals surface area contributed by atoms with E-state index in [1.807, 2.05) is 23.1 Å². The van der Waals surface area contributed by atoms with Gasteiger partial charge in [0.05, 0.1) is 11.9 Å². The lowest BCUT2D eigenvalue weighted by Crippen LogP contribution is -2.39. The van der Waals surface area contributed by atoms with Crippen LogP contribution in [0.15, 0.2) is 36.7 Å². The first-order chi connectivity index (χ1) is 14.0. The van der Waals surface area contributed by atoms with Crippen LogP contribution in [0.5, 0.6) is 0 Å². The molecule has 6 nitrogen and oxygen atoms in total. The Labute approximate surface area is 168 Å². The number of nitrogens with zero attached hydrogens (tertiary/aromatic N) is 5. The molecular formula is C21H24F2N6. The molecule has 0 saturated carbocycles. The standard InChI is InChI=1S/C21H24F2N6/c1-2-17-15(5-3-9-24-17)13-26-20-16-6-4-10-25-19(16)27-18(28-20)14-29-11-7-21(22,23)8-12-29/h3-6,9-10H,2,7-8,11-14H2,1H3,(H,25,26,27,28). The van der Waals surface area contributed by atoms with Gasteiger partial charge in [0.15, 0.2) is 5.65 Å². The molecule has 0 atom stereocenters. The molecule has 4 heterocycles. The molecule has 3 aromatic rings. The molecule has 0 spiro atoms. The lowest BCUT2D eigenvalue weighted by molar-refractivity contribution is -0.0570. The van der Waals surface area contributed by atoms with Crippen LogP contribution in [-0.4, -0.2) is 43.8 Å². The van der Waals surface area contributed by atoms with Crippen molar-refractivity contribution in [3.63, 3.8) is 0 Å². The fourth-order valence-electron chi connectivity index (χ4n) is 3.58. The van der Waals surface area contributed by atoms with E-state index < -0.39 is 5.92 Å². The van der Waals surface area contributed by atoms with Crippen LogP contribution in [0, 0.1) is 0 Å². The van der Waals surface area contributed by atoms with E-state index in [2.05, 4.69) is 33.3 Å². The summed E-state index contributed by atoms with van der Waals surface area (Å²) in [6, 6.07) is 7.76. The van der Waals surface area contributed by atoms with Crippen molar-refractivity contribution in [3.05, 3.63) is 53.7 Å². The van der Waals surface area contributed by atoms with Crippen molar-refractivity contribution in [3.8, 4) is 0 Å². The van der Waals surface area contributed by atoms with Crippen LogP contribution < -0.4 is 5.32 Å². The van der Waals surface area contributed by atoms with Crippen LogP contribution in [0.2, 0.25) is 0 Å². The third-order valence-corrected chi connectivity index (χ3v) is 5.24. The number of anilines is 1. The van der Waals surface area contributed by atoms with Crippen LogP contribution in [-0.2, 0) is 19.5 Å². The van der Waals surface area contributed by atoms with Gasteiger partial charge in [-0.2, -0.15) is 0 Å². The molecule has 0 aromatic carbocycles. The molecule has 29 heavy (non-hydrogen) atoms. The SMILES string of the molecule is CCc1ncccc1CNc1nc(CN2CCC(F)(F)CC2)nc2ncccc12. The van der Waals surface area contributed by atoms with Crippen molar-refractivity contribution in [2.75, 3.05) is 18.4 Å². The first-order valence-electron chi connectivity index (χ1n) is 9.92. The summed E-state index contributed by atoms with van der Waals surface area (Å²) in [5.74, 6) is -1.27. The smallest absolute Gasteiger partial charge is 0.250 e. The minimum atomic E-state index is -2.56. The molecule has 0 radical (unpaired) electrons. The summed E-state index contributed by atoms with van der Waals surface area (Å²) in [5, 5.41) is 4.24. The largest absolute Gasteiger partial charge is 0.365 e.